The fourth-order valence-electron chi connectivity index (χ4n) is 3.14. The maximum absolute atomic E-state index is 12.6. The molecule has 29 heavy (non-hydrogen) atoms. The highest BCUT2D eigenvalue weighted by molar-refractivity contribution is 7.92. The number of hydrogen-bond acceptors (Lipinski definition) is 5. The van der Waals surface area contributed by atoms with Crippen LogP contribution < -0.4 is 14.5 Å². The number of sulfonamides is 1. The number of fused-ring (bicyclic) bond motifs is 1. The van der Waals surface area contributed by atoms with E-state index in [1.165, 1.54) is 0 Å². The van der Waals surface area contributed by atoms with E-state index in [1.807, 2.05) is 26.0 Å². The number of amides is 1. The molecule has 0 saturated heterocycles. The first kappa shape index (κ1) is 21.1. The maximum atomic E-state index is 12.6. The van der Waals surface area contributed by atoms with E-state index >= 15 is 0 Å². The Kier molecular flexibility index (Phi) is 5.81. The van der Waals surface area contributed by atoms with E-state index in [0.717, 1.165) is 43.2 Å². The van der Waals surface area contributed by atoms with Crippen LogP contribution in [-0.2, 0) is 21.4 Å². The third-order valence-corrected chi connectivity index (χ3v) is 6.66. The van der Waals surface area contributed by atoms with E-state index in [2.05, 4.69) is 5.32 Å². The molecule has 0 aliphatic heterocycles. The van der Waals surface area contributed by atoms with Gasteiger partial charge >= 0.3 is 4.87 Å². The first-order valence-corrected chi connectivity index (χ1v) is 11.7. The van der Waals surface area contributed by atoms with Crippen molar-refractivity contribution in [3.8, 4) is 0 Å². The molecule has 0 spiro atoms. The predicted octanol–water partition coefficient (Wildman–Crippen LogP) is 3.10. The Morgan fingerprint density at radius 3 is 2.55 bits per heavy atom. The van der Waals surface area contributed by atoms with Gasteiger partial charge in [0.05, 0.1) is 22.2 Å². The zero-order valence-electron chi connectivity index (χ0n) is 16.7. The van der Waals surface area contributed by atoms with Crippen LogP contribution in [-0.4, -0.2) is 31.7 Å². The number of aromatic nitrogens is 1. The van der Waals surface area contributed by atoms with Crippen LogP contribution in [0, 0.1) is 13.8 Å². The summed E-state index contributed by atoms with van der Waals surface area (Å²) in [5.41, 5.74) is 3.48. The Labute approximate surface area is 173 Å². The highest BCUT2D eigenvalue weighted by Crippen LogP contribution is 2.25. The average Bonchev–Trinajstić information content (AvgIpc) is 2.95. The van der Waals surface area contributed by atoms with Crippen LogP contribution in [0.4, 0.5) is 11.4 Å². The van der Waals surface area contributed by atoms with Gasteiger partial charge in [0.15, 0.2) is 0 Å². The molecule has 0 radical (unpaired) electrons. The zero-order valence-corrected chi connectivity index (χ0v) is 18.4. The largest absolute Gasteiger partial charge is 0.324 e. The van der Waals surface area contributed by atoms with E-state index in [9.17, 15) is 18.0 Å². The summed E-state index contributed by atoms with van der Waals surface area (Å²) in [6.07, 6.45) is 1.08. The van der Waals surface area contributed by atoms with Crippen molar-refractivity contribution >= 4 is 48.9 Å². The molecule has 0 aliphatic carbocycles. The topological polar surface area (TPSA) is 88.5 Å². The van der Waals surface area contributed by atoms with Crippen molar-refractivity contribution in [3.63, 3.8) is 0 Å². The first-order chi connectivity index (χ1) is 13.6. The number of nitrogens with one attached hydrogen (secondary N) is 1. The summed E-state index contributed by atoms with van der Waals surface area (Å²) in [6.45, 7) is 5.80. The summed E-state index contributed by atoms with van der Waals surface area (Å²) in [6, 6.07) is 10.7. The van der Waals surface area contributed by atoms with Crippen LogP contribution in [0.2, 0.25) is 0 Å². The van der Waals surface area contributed by atoms with E-state index < -0.39 is 15.9 Å². The van der Waals surface area contributed by atoms with Gasteiger partial charge in [-0.05, 0) is 56.2 Å². The highest BCUT2D eigenvalue weighted by atomic mass is 32.2. The summed E-state index contributed by atoms with van der Waals surface area (Å²) < 4.78 is 28.2. The Bertz CT molecular complexity index is 1240. The lowest BCUT2D eigenvalue weighted by Crippen LogP contribution is -2.37. The second-order valence-electron chi connectivity index (χ2n) is 6.90. The van der Waals surface area contributed by atoms with Crippen LogP contribution in [0.25, 0.3) is 10.2 Å². The first-order valence-electron chi connectivity index (χ1n) is 9.08. The molecule has 1 heterocycles. The van der Waals surface area contributed by atoms with Gasteiger partial charge < -0.3 is 5.32 Å². The van der Waals surface area contributed by atoms with E-state index in [0.29, 0.717) is 17.9 Å². The number of carbonyl (C=O) groups is 1. The fourth-order valence-corrected chi connectivity index (χ4v) is 5.04. The number of hydrogen-bond donors (Lipinski definition) is 1. The van der Waals surface area contributed by atoms with Gasteiger partial charge in [-0.25, -0.2) is 8.42 Å². The van der Waals surface area contributed by atoms with Gasteiger partial charge in [0.1, 0.15) is 6.54 Å². The summed E-state index contributed by atoms with van der Waals surface area (Å²) in [5, 5.41) is 2.74. The van der Waals surface area contributed by atoms with Gasteiger partial charge in [-0.1, -0.05) is 23.5 Å². The molecular weight excluding hydrogens is 410 g/mol. The molecule has 1 N–H and O–H groups in total. The second kappa shape index (κ2) is 8.00. The number of aryl methyl sites for hydroxylation is 3. The lowest BCUT2D eigenvalue weighted by molar-refractivity contribution is -0.114. The van der Waals surface area contributed by atoms with Gasteiger partial charge in [0.25, 0.3) is 0 Å². The van der Waals surface area contributed by atoms with E-state index in [-0.39, 0.29) is 11.4 Å². The summed E-state index contributed by atoms with van der Waals surface area (Å²) in [5.74, 6) is -0.460. The predicted molar refractivity (Wildman–Crippen MR) is 118 cm³/mol. The Morgan fingerprint density at radius 2 is 1.90 bits per heavy atom. The maximum Gasteiger partial charge on any atom is 0.308 e. The third-order valence-electron chi connectivity index (χ3n) is 4.59. The van der Waals surface area contributed by atoms with Crippen molar-refractivity contribution in [1.29, 1.82) is 0 Å². The van der Waals surface area contributed by atoms with Crippen LogP contribution in [0.5, 0.6) is 0 Å². The van der Waals surface area contributed by atoms with E-state index in [4.69, 9.17) is 0 Å². The molecule has 9 heteroatoms. The molecule has 154 valence electrons. The molecule has 0 saturated carbocycles. The molecular formula is C20H23N3O4S2. The number of nitrogens with zero attached hydrogens (tertiary/aromatic N) is 2. The molecule has 0 aliphatic rings. The number of anilines is 2. The highest BCUT2D eigenvalue weighted by Gasteiger charge is 2.22. The van der Waals surface area contributed by atoms with Crippen molar-refractivity contribution in [3.05, 3.63) is 57.2 Å². The molecule has 0 unspecified atom stereocenters. The van der Waals surface area contributed by atoms with Gasteiger partial charge in [-0.2, -0.15) is 0 Å². The quantitative estimate of drug-likeness (QED) is 0.647. The molecule has 0 bridgehead atoms. The van der Waals surface area contributed by atoms with Crippen LogP contribution in [0.1, 0.15) is 18.1 Å². The normalized spacial score (nSPS) is 11.6. The standard InChI is InChI=1S/C20H23N3O4S2/c1-5-22-16-9-8-15(11-18(16)28-20(22)25)21-19(24)12-23(29(4,26)27)17-10-13(2)6-7-14(17)3/h6-11H,5,12H2,1-4H3,(H,21,24). The number of carbonyl (C=O) groups excluding carboxylic acids is 1. The molecule has 0 fully saturated rings. The summed E-state index contributed by atoms with van der Waals surface area (Å²) >= 11 is 1.11. The van der Waals surface area contributed by atoms with E-state index in [1.54, 1.807) is 35.8 Å². The minimum absolute atomic E-state index is 0.0517. The number of rotatable bonds is 6. The Balaban J connectivity index is 1.86. The summed E-state index contributed by atoms with van der Waals surface area (Å²) in [4.78, 5) is 24.6. The van der Waals surface area contributed by atoms with Crippen LogP contribution in [0.3, 0.4) is 0 Å². The lowest BCUT2D eigenvalue weighted by Gasteiger charge is -2.24. The monoisotopic (exact) mass is 433 g/mol. The molecule has 7 nitrogen and oxygen atoms in total. The Hall–Kier alpha value is -2.65. The average molecular weight is 434 g/mol. The van der Waals surface area contributed by atoms with Crippen molar-refractivity contribution in [1.82, 2.24) is 4.57 Å². The van der Waals surface area contributed by atoms with Gasteiger partial charge in [-0.3, -0.25) is 18.5 Å². The van der Waals surface area contributed by atoms with Gasteiger partial charge in [-0.15, -0.1) is 0 Å². The minimum Gasteiger partial charge on any atom is -0.324 e. The van der Waals surface area contributed by atoms with Gasteiger partial charge in [0.2, 0.25) is 15.9 Å². The smallest absolute Gasteiger partial charge is 0.308 e. The van der Waals surface area contributed by atoms with Gasteiger partial charge in [0, 0.05) is 12.2 Å². The van der Waals surface area contributed by atoms with Crippen LogP contribution in [0.15, 0.2) is 41.2 Å². The Morgan fingerprint density at radius 1 is 1.17 bits per heavy atom. The summed E-state index contributed by atoms with van der Waals surface area (Å²) in [7, 11) is -3.66. The SMILES string of the molecule is CCn1c(=O)sc2cc(NC(=O)CN(c3cc(C)ccc3C)S(C)(=O)=O)ccc21. The fraction of sp³-hybridized carbons (Fsp3) is 0.300. The number of benzene rings is 2. The molecule has 2 aromatic carbocycles. The molecule has 1 amide bonds. The lowest BCUT2D eigenvalue weighted by atomic mass is 10.1. The second-order valence-corrected chi connectivity index (χ2v) is 9.80. The molecule has 3 rings (SSSR count). The third kappa shape index (κ3) is 4.51. The van der Waals surface area contributed by atoms with Crippen molar-refractivity contribution in [2.75, 3.05) is 22.4 Å². The zero-order chi connectivity index (χ0) is 21.3. The molecule has 0 atom stereocenters. The molecule has 3 aromatic rings. The van der Waals surface area contributed by atoms with Crippen molar-refractivity contribution in [2.24, 2.45) is 0 Å². The van der Waals surface area contributed by atoms with Crippen molar-refractivity contribution < 1.29 is 13.2 Å². The molecule has 1 aromatic heterocycles. The van der Waals surface area contributed by atoms with Crippen LogP contribution >= 0.6 is 11.3 Å². The minimum atomic E-state index is -3.66. The van der Waals surface area contributed by atoms with Crippen molar-refractivity contribution in [2.45, 2.75) is 27.3 Å². The number of thiazole rings is 1.